The Balaban J connectivity index is 1.71. The molecule has 0 aliphatic heterocycles. The molecule has 0 heterocycles. The first-order chi connectivity index (χ1) is 10.3. The first-order valence-corrected chi connectivity index (χ1v) is 7.45. The normalized spacial score (nSPS) is 10.4. The van der Waals surface area contributed by atoms with Gasteiger partial charge in [-0.05, 0) is 41.8 Å². The van der Waals surface area contributed by atoms with Crippen molar-refractivity contribution in [3.05, 3.63) is 59.7 Å². The molecule has 0 aromatic heterocycles. The molecule has 0 aliphatic rings. The zero-order valence-electron chi connectivity index (χ0n) is 12.5. The molecule has 3 heteroatoms. The van der Waals surface area contributed by atoms with Crippen LogP contribution in [0.1, 0.15) is 24.5 Å². The molecule has 0 bridgehead atoms. The van der Waals surface area contributed by atoms with Crippen molar-refractivity contribution in [2.24, 2.45) is 5.73 Å². The smallest absolute Gasteiger partial charge is 0.122 e. The van der Waals surface area contributed by atoms with Crippen molar-refractivity contribution in [3.63, 3.8) is 0 Å². The van der Waals surface area contributed by atoms with E-state index in [1.807, 2.05) is 36.4 Å². The third-order valence-corrected chi connectivity index (χ3v) is 3.24. The SMILES string of the molecule is CCCc1ccc(OCCOc2ccc(CN)cc2)cc1. The number of hydrogen-bond donors (Lipinski definition) is 1. The van der Waals surface area contributed by atoms with Gasteiger partial charge in [-0.3, -0.25) is 0 Å². The van der Waals surface area contributed by atoms with Gasteiger partial charge in [-0.2, -0.15) is 0 Å². The third kappa shape index (κ3) is 5.12. The minimum absolute atomic E-state index is 0.526. The molecule has 0 atom stereocenters. The maximum atomic E-state index is 5.66. The van der Waals surface area contributed by atoms with Crippen molar-refractivity contribution in [2.75, 3.05) is 13.2 Å². The van der Waals surface area contributed by atoms with E-state index in [0.717, 1.165) is 29.9 Å². The van der Waals surface area contributed by atoms with Crippen LogP contribution in [0.5, 0.6) is 11.5 Å². The minimum Gasteiger partial charge on any atom is -0.490 e. The molecule has 112 valence electrons. The van der Waals surface area contributed by atoms with Crippen molar-refractivity contribution < 1.29 is 9.47 Å². The summed E-state index contributed by atoms with van der Waals surface area (Å²) in [5.41, 5.74) is 8.01. The van der Waals surface area contributed by atoms with Gasteiger partial charge in [-0.15, -0.1) is 0 Å². The van der Waals surface area contributed by atoms with Crippen molar-refractivity contribution in [3.8, 4) is 11.5 Å². The maximum absolute atomic E-state index is 5.66. The van der Waals surface area contributed by atoms with Gasteiger partial charge < -0.3 is 15.2 Å². The number of hydrogen-bond acceptors (Lipinski definition) is 3. The maximum Gasteiger partial charge on any atom is 0.122 e. The molecular weight excluding hydrogens is 262 g/mol. The lowest BCUT2D eigenvalue weighted by Gasteiger charge is -2.09. The van der Waals surface area contributed by atoms with E-state index in [1.54, 1.807) is 0 Å². The van der Waals surface area contributed by atoms with Gasteiger partial charge in [-0.1, -0.05) is 37.6 Å². The zero-order chi connectivity index (χ0) is 14.9. The van der Waals surface area contributed by atoms with Crippen LogP contribution in [0.2, 0.25) is 0 Å². The Kier molecular flexibility index (Phi) is 6.10. The van der Waals surface area contributed by atoms with Gasteiger partial charge in [0.2, 0.25) is 0 Å². The Hall–Kier alpha value is -2.00. The fourth-order valence-corrected chi connectivity index (χ4v) is 2.08. The molecule has 0 saturated heterocycles. The molecule has 2 aromatic carbocycles. The number of nitrogens with two attached hydrogens (primary N) is 1. The predicted molar refractivity (Wildman–Crippen MR) is 85.8 cm³/mol. The van der Waals surface area contributed by atoms with Gasteiger partial charge >= 0.3 is 0 Å². The van der Waals surface area contributed by atoms with Crippen LogP contribution in [-0.4, -0.2) is 13.2 Å². The van der Waals surface area contributed by atoms with Crippen LogP contribution in [0.4, 0.5) is 0 Å². The van der Waals surface area contributed by atoms with E-state index < -0.39 is 0 Å². The lowest BCUT2D eigenvalue weighted by Crippen LogP contribution is -2.09. The van der Waals surface area contributed by atoms with Crippen molar-refractivity contribution >= 4 is 0 Å². The summed E-state index contributed by atoms with van der Waals surface area (Å²) in [6, 6.07) is 16.1. The summed E-state index contributed by atoms with van der Waals surface area (Å²) >= 11 is 0. The van der Waals surface area contributed by atoms with Crippen molar-refractivity contribution in [2.45, 2.75) is 26.3 Å². The number of ether oxygens (including phenoxy) is 2. The van der Waals surface area contributed by atoms with Gasteiger partial charge in [0, 0.05) is 6.54 Å². The van der Waals surface area contributed by atoms with Crippen molar-refractivity contribution in [1.82, 2.24) is 0 Å². The summed E-state index contributed by atoms with van der Waals surface area (Å²) in [6.45, 7) is 3.80. The fourth-order valence-electron chi connectivity index (χ4n) is 2.08. The molecule has 2 rings (SSSR count). The van der Waals surface area contributed by atoms with Gasteiger partial charge in [0.15, 0.2) is 0 Å². The van der Waals surface area contributed by atoms with E-state index in [0.29, 0.717) is 19.8 Å². The lowest BCUT2D eigenvalue weighted by atomic mass is 10.1. The zero-order valence-corrected chi connectivity index (χ0v) is 12.5. The van der Waals surface area contributed by atoms with Crippen LogP contribution in [0.3, 0.4) is 0 Å². The number of aryl methyl sites for hydroxylation is 1. The van der Waals surface area contributed by atoms with Crippen LogP contribution >= 0.6 is 0 Å². The first kappa shape index (κ1) is 15.4. The van der Waals surface area contributed by atoms with E-state index in [1.165, 1.54) is 5.56 Å². The average Bonchev–Trinajstić information content (AvgIpc) is 2.54. The summed E-state index contributed by atoms with van der Waals surface area (Å²) in [5, 5.41) is 0. The third-order valence-electron chi connectivity index (χ3n) is 3.24. The monoisotopic (exact) mass is 285 g/mol. The van der Waals surface area contributed by atoms with E-state index in [9.17, 15) is 0 Å². The molecule has 0 fully saturated rings. The Morgan fingerprint density at radius 1 is 0.762 bits per heavy atom. The quantitative estimate of drug-likeness (QED) is 0.754. The lowest BCUT2D eigenvalue weighted by molar-refractivity contribution is 0.217. The standard InChI is InChI=1S/C18H23NO2/c1-2-3-15-4-8-17(9-5-15)20-12-13-21-18-10-6-16(14-19)7-11-18/h4-11H,2-3,12-14,19H2,1H3. The Bertz CT molecular complexity index is 520. The second-order valence-corrected chi connectivity index (χ2v) is 4.94. The van der Waals surface area contributed by atoms with E-state index in [-0.39, 0.29) is 0 Å². The second kappa shape index (κ2) is 8.32. The average molecular weight is 285 g/mol. The topological polar surface area (TPSA) is 44.5 Å². The predicted octanol–water partition coefficient (Wildman–Crippen LogP) is 3.56. The Morgan fingerprint density at radius 2 is 1.24 bits per heavy atom. The summed E-state index contributed by atoms with van der Waals surface area (Å²) < 4.78 is 11.3. The Morgan fingerprint density at radius 3 is 1.67 bits per heavy atom. The molecule has 2 aromatic rings. The minimum atomic E-state index is 0.526. The highest BCUT2D eigenvalue weighted by molar-refractivity contribution is 5.28. The number of benzene rings is 2. The molecule has 0 saturated carbocycles. The largest absolute Gasteiger partial charge is 0.490 e. The molecule has 0 amide bonds. The van der Waals surface area contributed by atoms with Crippen LogP contribution < -0.4 is 15.2 Å². The first-order valence-electron chi connectivity index (χ1n) is 7.45. The molecular formula is C18H23NO2. The van der Waals surface area contributed by atoms with Crippen LogP contribution in [0.15, 0.2) is 48.5 Å². The molecule has 2 N–H and O–H groups in total. The molecule has 21 heavy (non-hydrogen) atoms. The summed E-state index contributed by atoms with van der Waals surface area (Å²) in [5.74, 6) is 1.73. The van der Waals surface area contributed by atoms with Gasteiger partial charge in [0.1, 0.15) is 24.7 Å². The number of rotatable bonds is 8. The Labute approximate surface area is 126 Å². The molecule has 0 aliphatic carbocycles. The van der Waals surface area contributed by atoms with Crippen molar-refractivity contribution in [1.29, 1.82) is 0 Å². The van der Waals surface area contributed by atoms with E-state index >= 15 is 0 Å². The van der Waals surface area contributed by atoms with Crippen LogP contribution in [0.25, 0.3) is 0 Å². The second-order valence-electron chi connectivity index (χ2n) is 4.94. The summed E-state index contributed by atoms with van der Waals surface area (Å²) in [4.78, 5) is 0. The highest BCUT2D eigenvalue weighted by Gasteiger charge is 1.97. The summed E-state index contributed by atoms with van der Waals surface area (Å²) in [6.07, 6.45) is 2.28. The molecule has 0 unspecified atom stereocenters. The highest BCUT2D eigenvalue weighted by Crippen LogP contribution is 2.14. The molecule has 0 radical (unpaired) electrons. The molecule has 3 nitrogen and oxygen atoms in total. The molecule has 0 spiro atoms. The van der Waals surface area contributed by atoms with E-state index in [4.69, 9.17) is 15.2 Å². The van der Waals surface area contributed by atoms with Gasteiger partial charge in [0.25, 0.3) is 0 Å². The van der Waals surface area contributed by atoms with Gasteiger partial charge in [0.05, 0.1) is 0 Å². The highest BCUT2D eigenvalue weighted by atomic mass is 16.5. The van der Waals surface area contributed by atoms with Crippen LogP contribution in [0, 0.1) is 0 Å². The fraction of sp³-hybridized carbons (Fsp3) is 0.333. The van der Waals surface area contributed by atoms with Crippen LogP contribution in [-0.2, 0) is 13.0 Å². The van der Waals surface area contributed by atoms with E-state index in [2.05, 4.69) is 19.1 Å². The summed E-state index contributed by atoms with van der Waals surface area (Å²) in [7, 11) is 0. The van der Waals surface area contributed by atoms with Gasteiger partial charge in [-0.25, -0.2) is 0 Å².